The molecule has 9 heteroatoms. The molecule has 3 amide bonds. The summed E-state index contributed by atoms with van der Waals surface area (Å²) in [4.78, 5) is 37.1. The quantitative estimate of drug-likeness (QED) is 0.382. The number of nitrogens with two attached hydrogens (primary N) is 1. The van der Waals surface area contributed by atoms with E-state index in [1.165, 1.54) is 19.2 Å². The summed E-state index contributed by atoms with van der Waals surface area (Å²) in [6, 6.07) is 15.8. The molecule has 0 radical (unpaired) electrons. The fraction of sp³-hybridized carbons (Fsp3) is 0.125. The lowest BCUT2D eigenvalue weighted by Crippen LogP contribution is -2.46. The van der Waals surface area contributed by atoms with Gasteiger partial charge in [0.15, 0.2) is 0 Å². The second-order valence-electron chi connectivity index (χ2n) is 7.34. The number of hydrogen-bond acceptors (Lipinski definition) is 5. The zero-order chi connectivity index (χ0) is 23.5. The fourth-order valence-corrected chi connectivity index (χ4v) is 3.62. The van der Waals surface area contributed by atoms with E-state index in [-0.39, 0.29) is 12.0 Å². The van der Waals surface area contributed by atoms with E-state index in [2.05, 4.69) is 10.6 Å². The maximum Gasteiger partial charge on any atom is 0.251 e. The highest BCUT2D eigenvalue weighted by molar-refractivity contribution is 6.30. The first-order valence-corrected chi connectivity index (χ1v) is 10.4. The lowest BCUT2D eigenvalue weighted by molar-refractivity contribution is -0.123. The molecule has 0 aliphatic heterocycles. The summed E-state index contributed by atoms with van der Waals surface area (Å²) in [5.74, 6) is -1.53. The predicted molar refractivity (Wildman–Crippen MR) is 125 cm³/mol. The molecule has 0 spiro atoms. The van der Waals surface area contributed by atoms with E-state index in [4.69, 9.17) is 26.5 Å². The number of fused-ring (bicyclic) bond motifs is 3. The van der Waals surface area contributed by atoms with Crippen LogP contribution >= 0.6 is 11.6 Å². The Hall–Kier alpha value is -4.04. The van der Waals surface area contributed by atoms with Crippen LogP contribution in [0.5, 0.6) is 5.75 Å². The van der Waals surface area contributed by atoms with Crippen molar-refractivity contribution in [3.63, 3.8) is 0 Å². The number of anilines is 1. The number of methoxy groups -OCH3 is 1. The van der Waals surface area contributed by atoms with Gasteiger partial charge in [-0.25, -0.2) is 0 Å². The molecule has 0 bridgehead atoms. The number of carbonyl (C=O) groups is 3. The summed E-state index contributed by atoms with van der Waals surface area (Å²) in [7, 11) is 1.47. The van der Waals surface area contributed by atoms with E-state index in [9.17, 15) is 14.4 Å². The first kappa shape index (κ1) is 22.2. The second kappa shape index (κ2) is 9.22. The molecular formula is C24H20ClN3O5. The Balaban J connectivity index is 1.61. The van der Waals surface area contributed by atoms with Crippen LogP contribution < -0.4 is 21.1 Å². The van der Waals surface area contributed by atoms with Crippen molar-refractivity contribution in [2.24, 2.45) is 5.73 Å². The molecule has 4 N–H and O–H groups in total. The van der Waals surface area contributed by atoms with Crippen molar-refractivity contribution < 1.29 is 23.5 Å². The number of primary amides is 1. The normalized spacial score (nSPS) is 11.8. The minimum Gasteiger partial charge on any atom is -0.495 e. The average Bonchev–Trinajstić information content (AvgIpc) is 3.15. The maximum absolute atomic E-state index is 13.0. The standard InChI is InChI=1S/C24H20ClN3O5/c1-32-21-10-16-15-4-2-3-5-19(15)33-20(16)11-17(21)27-24(31)18(12-22(26)29)28-23(30)13-6-8-14(25)9-7-13/h2-11,18H,12H2,1H3,(H2,26,29)(H,27,31)(H,28,30)/t18-/m1/s1. The zero-order valence-corrected chi connectivity index (χ0v) is 18.3. The highest BCUT2D eigenvalue weighted by Gasteiger charge is 2.25. The molecule has 0 fully saturated rings. The number of carbonyl (C=O) groups excluding carboxylic acids is 3. The third-order valence-corrected chi connectivity index (χ3v) is 5.34. The van der Waals surface area contributed by atoms with Gasteiger partial charge in [0.25, 0.3) is 5.91 Å². The zero-order valence-electron chi connectivity index (χ0n) is 17.6. The van der Waals surface area contributed by atoms with Gasteiger partial charge in [0.2, 0.25) is 11.8 Å². The van der Waals surface area contributed by atoms with Crippen molar-refractivity contribution in [1.29, 1.82) is 0 Å². The van der Waals surface area contributed by atoms with Gasteiger partial charge in [0, 0.05) is 27.4 Å². The summed E-state index contributed by atoms with van der Waals surface area (Å²) in [5.41, 5.74) is 7.15. The third-order valence-electron chi connectivity index (χ3n) is 5.09. The largest absolute Gasteiger partial charge is 0.495 e. The van der Waals surface area contributed by atoms with E-state index < -0.39 is 23.8 Å². The highest BCUT2D eigenvalue weighted by atomic mass is 35.5. The summed E-state index contributed by atoms with van der Waals surface area (Å²) in [5, 5.41) is 7.44. The third kappa shape index (κ3) is 4.75. The Kier molecular flexibility index (Phi) is 6.19. The molecule has 0 saturated carbocycles. The number of benzene rings is 3. The van der Waals surface area contributed by atoms with E-state index >= 15 is 0 Å². The number of amides is 3. The van der Waals surface area contributed by atoms with Crippen LogP contribution in [-0.4, -0.2) is 30.9 Å². The van der Waals surface area contributed by atoms with E-state index in [1.54, 1.807) is 24.3 Å². The van der Waals surface area contributed by atoms with Gasteiger partial charge in [-0.2, -0.15) is 0 Å². The lowest BCUT2D eigenvalue weighted by atomic mass is 10.1. The topological polar surface area (TPSA) is 124 Å². The van der Waals surface area contributed by atoms with Crippen LogP contribution in [0, 0.1) is 0 Å². The molecule has 1 aromatic heterocycles. The molecule has 0 unspecified atom stereocenters. The summed E-state index contributed by atoms with van der Waals surface area (Å²) in [6.07, 6.45) is -0.389. The Morgan fingerprint density at radius 1 is 1.03 bits per heavy atom. The van der Waals surface area contributed by atoms with Crippen molar-refractivity contribution in [1.82, 2.24) is 5.32 Å². The molecule has 3 aromatic carbocycles. The highest BCUT2D eigenvalue weighted by Crippen LogP contribution is 2.36. The molecule has 4 rings (SSSR count). The Morgan fingerprint density at radius 3 is 2.45 bits per heavy atom. The molecule has 33 heavy (non-hydrogen) atoms. The number of nitrogens with one attached hydrogen (secondary N) is 2. The van der Waals surface area contributed by atoms with Crippen molar-refractivity contribution in [2.45, 2.75) is 12.5 Å². The number of hydrogen-bond donors (Lipinski definition) is 3. The van der Waals surface area contributed by atoms with Crippen molar-refractivity contribution in [3.8, 4) is 5.75 Å². The van der Waals surface area contributed by atoms with Crippen LogP contribution in [0.4, 0.5) is 5.69 Å². The van der Waals surface area contributed by atoms with Gasteiger partial charge in [0.1, 0.15) is 23.0 Å². The molecule has 0 saturated heterocycles. The van der Waals surface area contributed by atoms with Gasteiger partial charge in [-0.1, -0.05) is 29.8 Å². The molecular weight excluding hydrogens is 446 g/mol. The van der Waals surface area contributed by atoms with Crippen LogP contribution in [0.15, 0.2) is 65.1 Å². The molecule has 1 atom stereocenters. The summed E-state index contributed by atoms with van der Waals surface area (Å²) < 4.78 is 11.3. The van der Waals surface area contributed by atoms with Gasteiger partial charge < -0.3 is 25.5 Å². The molecule has 0 aliphatic carbocycles. The van der Waals surface area contributed by atoms with Crippen LogP contribution in [0.25, 0.3) is 21.9 Å². The maximum atomic E-state index is 13.0. The van der Waals surface area contributed by atoms with Crippen LogP contribution in [0.3, 0.4) is 0 Å². The van der Waals surface area contributed by atoms with Gasteiger partial charge in [-0.05, 0) is 36.4 Å². The van der Waals surface area contributed by atoms with Crippen molar-refractivity contribution >= 4 is 56.9 Å². The van der Waals surface area contributed by atoms with E-state index in [0.29, 0.717) is 27.6 Å². The van der Waals surface area contributed by atoms with Gasteiger partial charge in [0.05, 0.1) is 19.2 Å². The smallest absolute Gasteiger partial charge is 0.251 e. The molecule has 8 nitrogen and oxygen atoms in total. The SMILES string of the molecule is COc1cc2c(cc1NC(=O)[C@@H](CC(N)=O)NC(=O)c1ccc(Cl)cc1)oc1ccccc12. The minimum absolute atomic E-state index is 0.281. The predicted octanol–water partition coefficient (Wildman–Crippen LogP) is 3.86. The Labute approximate surface area is 193 Å². The number of ether oxygens (including phenoxy) is 1. The second-order valence-corrected chi connectivity index (χ2v) is 7.78. The number of halogens is 1. The van der Waals surface area contributed by atoms with E-state index in [1.807, 2.05) is 24.3 Å². The minimum atomic E-state index is -1.21. The number of rotatable bonds is 7. The molecule has 0 aliphatic rings. The van der Waals surface area contributed by atoms with Crippen molar-refractivity contribution in [2.75, 3.05) is 12.4 Å². The van der Waals surface area contributed by atoms with Crippen molar-refractivity contribution in [3.05, 3.63) is 71.2 Å². The summed E-state index contributed by atoms with van der Waals surface area (Å²) in [6.45, 7) is 0. The first-order valence-electron chi connectivity index (χ1n) is 10.0. The lowest BCUT2D eigenvalue weighted by Gasteiger charge is -2.18. The summed E-state index contributed by atoms with van der Waals surface area (Å²) >= 11 is 5.85. The van der Waals surface area contributed by atoms with Crippen LogP contribution in [-0.2, 0) is 9.59 Å². The monoisotopic (exact) mass is 465 g/mol. The Bertz CT molecular complexity index is 1360. The van der Waals surface area contributed by atoms with Crippen LogP contribution in [0.2, 0.25) is 5.02 Å². The Morgan fingerprint density at radius 2 is 1.76 bits per heavy atom. The first-order chi connectivity index (χ1) is 15.9. The molecule has 1 heterocycles. The van der Waals surface area contributed by atoms with E-state index in [0.717, 1.165) is 10.8 Å². The van der Waals surface area contributed by atoms with Crippen LogP contribution in [0.1, 0.15) is 16.8 Å². The molecule has 168 valence electrons. The van der Waals surface area contributed by atoms with Gasteiger partial charge in [-0.3, -0.25) is 14.4 Å². The average molecular weight is 466 g/mol. The number of furan rings is 1. The number of para-hydroxylation sites is 1. The van der Waals surface area contributed by atoms with Gasteiger partial charge in [-0.15, -0.1) is 0 Å². The fourth-order valence-electron chi connectivity index (χ4n) is 3.49. The van der Waals surface area contributed by atoms with Gasteiger partial charge >= 0.3 is 0 Å². The molecule has 4 aromatic rings.